The third kappa shape index (κ3) is 9.83. The predicted octanol–water partition coefficient (Wildman–Crippen LogP) is 5.91. The molecule has 19 heteroatoms. The van der Waals surface area contributed by atoms with Gasteiger partial charge in [-0.3, -0.25) is 9.59 Å². The number of sulfonamides is 1. The fourth-order valence-electron chi connectivity index (χ4n) is 9.04. The summed E-state index contributed by atoms with van der Waals surface area (Å²) in [7, 11) is -2.20. The molecule has 2 aromatic heterocycles. The lowest BCUT2D eigenvalue weighted by molar-refractivity contribution is -0.145. The number of urea groups is 1. The summed E-state index contributed by atoms with van der Waals surface area (Å²) < 4.78 is 40.6. The van der Waals surface area contributed by atoms with Crippen LogP contribution < -0.4 is 30.7 Å². The van der Waals surface area contributed by atoms with Crippen molar-refractivity contribution in [2.24, 2.45) is 11.8 Å². The monoisotopic (exact) mass is 942 g/mol. The van der Waals surface area contributed by atoms with Crippen molar-refractivity contribution in [2.45, 2.75) is 120 Å². The number of benzene rings is 2. The molecule has 2 fully saturated rings. The van der Waals surface area contributed by atoms with Crippen molar-refractivity contribution < 1.29 is 42.2 Å². The van der Waals surface area contributed by atoms with E-state index in [0.29, 0.717) is 52.2 Å². The van der Waals surface area contributed by atoms with Crippen molar-refractivity contribution >= 4 is 61.2 Å². The van der Waals surface area contributed by atoms with Crippen molar-refractivity contribution in [3.8, 4) is 22.9 Å². The molecule has 0 spiro atoms. The molecule has 5 N–H and O–H groups in total. The average Bonchev–Trinajstić information content (AvgIpc) is 3.51. The van der Waals surface area contributed by atoms with Crippen molar-refractivity contribution in [1.82, 2.24) is 35.1 Å². The number of aliphatic carboxylic acids is 1. The molecule has 6 atom stereocenters. The topological polar surface area (TPSA) is 221 Å². The smallest absolute Gasteiger partial charge is 0.330 e. The van der Waals surface area contributed by atoms with Crippen LogP contribution in [0.4, 0.5) is 9.93 Å². The zero-order valence-electron chi connectivity index (χ0n) is 37.8. The molecule has 1 saturated heterocycles. The number of thiazole rings is 1. The lowest BCUT2D eigenvalue weighted by Gasteiger charge is -2.31. The number of methoxy groups -OCH3 is 1. The highest BCUT2D eigenvalue weighted by Gasteiger charge is 2.61. The molecule has 17 nitrogen and oxygen atoms in total. The van der Waals surface area contributed by atoms with Crippen molar-refractivity contribution in [3.05, 3.63) is 71.6 Å². The highest BCUT2D eigenvalue weighted by molar-refractivity contribution is 7.89. The van der Waals surface area contributed by atoms with Crippen LogP contribution in [0.25, 0.3) is 22.3 Å². The maximum absolute atomic E-state index is 15.0. The van der Waals surface area contributed by atoms with E-state index in [1.807, 2.05) is 51.3 Å². The summed E-state index contributed by atoms with van der Waals surface area (Å²) in [5.74, 6) is -1.85. The number of carbonyl (C=O) groups excluding carboxylic acids is 3. The number of hydrogen-bond donors (Lipinski definition) is 5. The minimum atomic E-state index is -3.77. The molecule has 0 bridgehead atoms. The zero-order chi connectivity index (χ0) is 46.9. The molecule has 4 aliphatic rings. The highest BCUT2D eigenvalue weighted by Crippen LogP contribution is 2.46. The van der Waals surface area contributed by atoms with Gasteiger partial charge >= 0.3 is 12.0 Å². The molecule has 3 aliphatic heterocycles. The van der Waals surface area contributed by atoms with Gasteiger partial charge in [-0.05, 0) is 69.2 Å². The molecule has 4 amide bonds. The second-order valence-electron chi connectivity index (χ2n) is 18.3. The first-order chi connectivity index (χ1) is 31.6. The maximum Gasteiger partial charge on any atom is 0.330 e. The minimum Gasteiger partial charge on any atom is -0.497 e. The molecule has 4 aromatic rings. The number of allylic oxidation sites excluding steroid dienone is 1. The quantitative estimate of drug-likeness (QED) is 0.105. The van der Waals surface area contributed by atoms with Gasteiger partial charge in [-0.2, -0.15) is 4.31 Å². The van der Waals surface area contributed by atoms with Crippen LogP contribution in [0, 0.1) is 11.8 Å². The summed E-state index contributed by atoms with van der Waals surface area (Å²) in [6.07, 6.45) is 6.36. The molecule has 66 heavy (non-hydrogen) atoms. The number of hydrogen-bond acceptors (Lipinski definition) is 12. The molecule has 352 valence electrons. The van der Waals surface area contributed by atoms with Crippen LogP contribution in [0.3, 0.4) is 0 Å². The number of carboxylic acids is 1. The van der Waals surface area contributed by atoms with Gasteiger partial charge < -0.3 is 40.7 Å². The number of amides is 4. The Labute approximate surface area is 388 Å². The number of anilines is 1. The third-order valence-corrected chi connectivity index (χ3v) is 15.5. The Morgan fingerprint density at radius 3 is 2.59 bits per heavy atom. The highest BCUT2D eigenvalue weighted by atomic mass is 32.2. The Hall–Kier alpha value is -5.79. The minimum absolute atomic E-state index is 0.0184. The van der Waals surface area contributed by atoms with Crippen LogP contribution in [0.1, 0.15) is 78.2 Å². The summed E-state index contributed by atoms with van der Waals surface area (Å²) in [4.78, 5) is 67.4. The van der Waals surface area contributed by atoms with Gasteiger partial charge in [0.1, 0.15) is 40.9 Å². The number of aromatic nitrogens is 2. The third-order valence-electron chi connectivity index (χ3n) is 12.8. The van der Waals surface area contributed by atoms with Crippen LogP contribution in [0.2, 0.25) is 0 Å². The van der Waals surface area contributed by atoms with E-state index < -0.39 is 69.5 Å². The van der Waals surface area contributed by atoms with Crippen molar-refractivity contribution in [1.29, 1.82) is 0 Å². The Bertz CT molecular complexity index is 2640. The summed E-state index contributed by atoms with van der Waals surface area (Å²) in [5, 5.41) is 25.7. The van der Waals surface area contributed by atoms with Crippen LogP contribution in [-0.4, -0.2) is 113 Å². The van der Waals surface area contributed by atoms with Gasteiger partial charge in [-0.1, -0.05) is 57.0 Å². The second-order valence-corrected chi connectivity index (χ2v) is 21.0. The van der Waals surface area contributed by atoms with E-state index in [9.17, 15) is 32.7 Å². The van der Waals surface area contributed by atoms with E-state index in [1.54, 1.807) is 49.6 Å². The van der Waals surface area contributed by atoms with Crippen LogP contribution in [-0.2, 0) is 31.0 Å². The summed E-state index contributed by atoms with van der Waals surface area (Å²) in [5.41, 5.74) is 0.912. The van der Waals surface area contributed by atoms with Gasteiger partial charge in [0.2, 0.25) is 21.8 Å². The Morgan fingerprint density at radius 2 is 1.85 bits per heavy atom. The Morgan fingerprint density at radius 1 is 1.05 bits per heavy atom. The van der Waals surface area contributed by atoms with Crippen LogP contribution >= 0.6 is 11.3 Å². The molecule has 5 heterocycles. The van der Waals surface area contributed by atoms with E-state index in [4.69, 9.17) is 19.4 Å². The first-order valence-corrected chi connectivity index (χ1v) is 24.9. The number of nitrogens with zero attached hydrogens (tertiary/aromatic N) is 4. The number of fused-ring (bicyclic) bond motifs is 4. The van der Waals surface area contributed by atoms with Crippen molar-refractivity contribution in [3.63, 3.8) is 0 Å². The van der Waals surface area contributed by atoms with Crippen LogP contribution in [0.15, 0.2) is 71.0 Å². The average molecular weight is 943 g/mol. The molecular formula is C47H58N8O9S2. The van der Waals surface area contributed by atoms with Gasteiger partial charge in [0.05, 0.1) is 29.8 Å². The van der Waals surface area contributed by atoms with E-state index in [-0.39, 0.29) is 55.8 Å². The number of carboxylic acid groups (broad SMARTS) is 1. The number of carbonyl (C=O) groups is 4. The molecule has 0 radical (unpaired) electrons. The number of ether oxygens (including phenoxy) is 2. The summed E-state index contributed by atoms with van der Waals surface area (Å²) in [6.45, 7) is 7.97. The lowest BCUT2D eigenvalue weighted by atomic mass is 10.0. The molecular weight excluding hydrogens is 885 g/mol. The second kappa shape index (κ2) is 19.2. The van der Waals surface area contributed by atoms with Gasteiger partial charge in [0.25, 0.3) is 0 Å². The molecule has 8 rings (SSSR count). The SMILES string of the molecule is COc1ccc2c(O[C@@H]3C[C@H]4C(=O)N[C@]5(C(=O)O)CC5C=CCCCCC[C@H](NC(=O)N[C@H](CN5Cc6ccccc6S5(=O)=O)C(C)C)C(=O)N4C3)cc(-c3csc(NC(C)C)n3)nc2c1. The first-order valence-electron chi connectivity index (χ1n) is 22.6. The Balaban J connectivity index is 1.07. The molecule has 2 aromatic carbocycles. The van der Waals surface area contributed by atoms with E-state index in [0.717, 1.165) is 18.0 Å². The summed E-state index contributed by atoms with van der Waals surface area (Å²) in [6, 6.07) is 10.7. The van der Waals surface area contributed by atoms with Crippen LogP contribution in [0.5, 0.6) is 11.5 Å². The fourth-order valence-corrected chi connectivity index (χ4v) is 11.5. The molecule has 1 unspecified atom stereocenters. The maximum atomic E-state index is 15.0. The largest absolute Gasteiger partial charge is 0.497 e. The van der Waals surface area contributed by atoms with E-state index in [2.05, 4.69) is 21.3 Å². The van der Waals surface area contributed by atoms with E-state index in [1.165, 1.54) is 20.5 Å². The standard InChI is InChI=1S/C47H58N8O9S2/c1-27(2)37(25-54-23-29-13-11-12-16-41(29)66(54,61)62)51-45(60)50-34-15-10-8-6-7-9-14-30-22-47(30,44(58)59)53-42(56)39-20-32(24-55(39)43(34)57)64-40-21-36(38-26-65-46(52-38)48-28(3)4)49-35-19-31(63-5)17-18-33(35)40/h9,11-14,16-19,21,26-28,30,32,34,37,39H,6-8,10,15,20,22-25H2,1-5H3,(H,48,52)(H,53,56)(H,58,59)(H2,50,51,60)/t30?,32-,34+,37-,39+,47-/m1/s1. The molecule has 1 saturated carbocycles. The van der Waals surface area contributed by atoms with E-state index >= 15 is 0 Å². The van der Waals surface area contributed by atoms with Gasteiger partial charge in [0, 0.05) is 60.4 Å². The lowest BCUT2D eigenvalue weighted by Crippen LogP contribution is -2.58. The number of nitrogens with one attached hydrogen (secondary N) is 4. The summed E-state index contributed by atoms with van der Waals surface area (Å²) >= 11 is 1.45. The first kappa shape index (κ1) is 46.7. The van der Waals surface area contributed by atoms with Gasteiger partial charge in [0.15, 0.2) is 5.13 Å². The van der Waals surface area contributed by atoms with Crippen molar-refractivity contribution in [2.75, 3.05) is 25.5 Å². The van der Waals surface area contributed by atoms with Gasteiger partial charge in [-0.15, -0.1) is 11.3 Å². The number of rotatable bonds is 12. The number of pyridine rings is 1. The predicted molar refractivity (Wildman–Crippen MR) is 250 cm³/mol. The molecule has 1 aliphatic carbocycles. The van der Waals surface area contributed by atoms with Gasteiger partial charge in [-0.25, -0.2) is 28.0 Å². The zero-order valence-corrected chi connectivity index (χ0v) is 39.4. The normalized spacial score (nSPS) is 24.7. The fraction of sp³-hybridized carbons (Fsp3) is 0.489. The Kier molecular flexibility index (Phi) is 13.6.